The van der Waals surface area contributed by atoms with Crippen LogP contribution in [0, 0.1) is 0 Å². The minimum Gasteiger partial charge on any atom is -0.455 e. The van der Waals surface area contributed by atoms with Gasteiger partial charge in [0.25, 0.3) is 0 Å². The molecule has 0 spiro atoms. The van der Waals surface area contributed by atoms with E-state index in [-0.39, 0.29) is 0 Å². The number of rotatable bonds is 4. The van der Waals surface area contributed by atoms with Crippen molar-refractivity contribution in [3.05, 3.63) is 181 Å². The van der Waals surface area contributed by atoms with E-state index in [1.54, 1.807) is 0 Å². The molecule has 0 bridgehead atoms. The fraction of sp³-hybridized carbons (Fsp3) is 0. The van der Waals surface area contributed by atoms with Crippen molar-refractivity contribution in [2.24, 2.45) is 0 Å². The number of hydrogen-bond acceptors (Lipinski definition) is 1. The third-order valence-electron chi connectivity index (χ3n) is 7.94. The number of para-hydroxylation sites is 1. The van der Waals surface area contributed by atoms with E-state index in [4.69, 9.17) is 30.5 Å². The molecule has 0 amide bonds. The van der Waals surface area contributed by atoms with Gasteiger partial charge in [-0.3, -0.25) is 0 Å². The van der Waals surface area contributed by atoms with Crippen molar-refractivity contribution in [1.29, 1.82) is 0 Å². The number of furan rings is 1. The highest BCUT2D eigenvalue weighted by Crippen LogP contribution is 2.47. The van der Waals surface area contributed by atoms with Gasteiger partial charge in [0.2, 0.25) is 0 Å². The lowest BCUT2D eigenvalue weighted by atomic mass is 9.84. The largest absolute Gasteiger partial charge is 0.455 e. The molecular weight excluding hydrogens is 593 g/mol. The van der Waals surface area contributed by atoms with Gasteiger partial charge in [0, 0.05) is 16.3 Å². The summed E-state index contributed by atoms with van der Waals surface area (Å²) in [7, 11) is 0. The second kappa shape index (κ2) is 11.1. The topological polar surface area (TPSA) is 13.1 Å². The van der Waals surface area contributed by atoms with E-state index in [9.17, 15) is 15.1 Å². The second-order valence-electron chi connectivity index (χ2n) is 10.5. The van der Waals surface area contributed by atoms with Crippen LogP contribution in [0.3, 0.4) is 0 Å². The molecule has 0 fully saturated rings. The average molecular weight is 653 g/mol. The number of hydrogen-bond donors (Lipinski definition) is 0. The van der Waals surface area contributed by atoms with Gasteiger partial charge < -0.3 is 4.42 Å². The molecule has 0 N–H and O–H groups in total. The minimum absolute atomic E-state index is 0.523. The molecule has 0 radical (unpaired) electrons. The van der Waals surface area contributed by atoms with E-state index >= 15 is 0 Å². The van der Waals surface area contributed by atoms with Crippen LogP contribution in [0.4, 0.5) is 0 Å². The molecule has 1 heterocycles. The van der Waals surface area contributed by atoms with Gasteiger partial charge >= 0.3 is 0 Å². The molecule has 0 atom stereocenters. The Kier molecular flexibility index (Phi) is 2.50. The van der Waals surface area contributed by atoms with Crippen LogP contribution in [0.5, 0.6) is 0 Å². The molecule has 0 saturated carbocycles. The zero-order chi connectivity index (χ0) is 58.4. The fourth-order valence-corrected chi connectivity index (χ4v) is 5.91. The third kappa shape index (κ3) is 4.33. The van der Waals surface area contributed by atoms with Crippen LogP contribution in [0.25, 0.3) is 98.8 Å². The molecule has 0 aliphatic carbocycles. The van der Waals surface area contributed by atoms with E-state index in [0.29, 0.717) is 0 Å². The van der Waals surface area contributed by atoms with E-state index in [1.807, 2.05) is 0 Å². The lowest BCUT2D eigenvalue weighted by Gasteiger charge is -2.19. The molecule has 1 aromatic heterocycles. The predicted octanol–water partition coefficient (Wildman–Crippen LogP) is 13.7. The monoisotopic (exact) mass is 652 g/mol. The van der Waals surface area contributed by atoms with Crippen molar-refractivity contribution >= 4 is 54.3 Å². The van der Waals surface area contributed by atoms with Crippen LogP contribution >= 0.6 is 0 Å². The van der Waals surface area contributed by atoms with Crippen LogP contribution in [0.2, 0.25) is 0 Å². The lowest BCUT2D eigenvalue weighted by molar-refractivity contribution is 0.670. The van der Waals surface area contributed by atoms with Crippen molar-refractivity contribution in [3.8, 4) is 44.5 Å². The quantitative estimate of drug-likeness (QED) is 0.172. The standard InChI is InChI=1S/C48H30O/c1-3-14-31(15-4-1)35-24-13-25-44-38-27-26-33(30-45(38)49-48(35)44)34-28-29-43(37-19-8-7-18-36(34)37)47-41-22-11-9-20-39(41)46(32-16-5-2-6-17-32)40-21-10-12-23-42(40)47/h1-30H/i1D,2D,3D,4D,5D,6D,7D,8D,9D,10D,11D,12D,13D,14D,15D,16D,17D,18D,19D,20D,21D,22D,23D,24D,25D,26D,27D,28D,29D,30D. The van der Waals surface area contributed by atoms with E-state index in [1.165, 1.54) is 0 Å². The Morgan fingerprint density at radius 1 is 0.306 bits per heavy atom. The summed E-state index contributed by atoms with van der Waals surface area (Å²) in [5.74, 6) is 0. The minimum atomic E-state index is -1.14. The Morgan fingerprint density at radius 3 is 1.47 bits per heavy atom. The van der Waals surface area contributed by atoms with Crippen molar-refractivity contribution < 1.29 is 45.5 Å². The molecule has 1 nitrogen and oxygen atoms in total. The molecule has 10 aromatic rings. The first-order valence-electron chi connectivity index (χ1n) is 29.4. The Hall–Kier alpha value is -6.44. The molecular formula is C48H30O. The highest BCUT2D eigenvalue weighted by Gasteiger charge is 2.19. The highest BCUT2D eigenvalue weighted by molar-refractivity contribution is 6.24. The van der Waals surface area contributed by atoms with Crippen LogP contribution in [0.15, 0.2) is 186 Å². The first-order chi connectivity index (χ1) is 36.8. The number of benzene rings is 9. The molecule has 0 saturated heterocycles. The van der Waals surface area contributed by atoms with E-state index < -0.39 is 280 Å². The predicted molar refractivity (Wildman–Crippen MR) is 208 cm³/mol. The summed E-state index contributed by atoms with van der Waals surface area (Å²) >= 11 is 0. The summed E-state index contributed by atoms with van der Waals surface area (Å²) in [5, 5.41) is -5.75. The third-order valence-corrected chi connectivity index (χ3v) is 7.94. The zero-order valence-corrected chi connectivity index (χ0v) is 24.4. The van der Waals surface area contributed by atoms with Gasteiger partial charge in [-0.05, 0) is 83.3 Å². The highest BCUT2D eigenvalue weighted by atomic mass is 16.3. The van der Waals surface area contributed by atoms with Gasteiger partial charge in [-0.15, -0.1) is 0 Å². The fourth-order valence-electron chi connectivity index (χ4n) is 5.91. The normalized spacial score (nSPS) is 20.2. The molecule has 0 unspecified atom stereocenters. The van der Waals surface area contributed by atoms with Crippen molar-refractivity contribution in [2.75, 3.05) is 0 Å². The maximum atomic E-state index is 9.89. The van der Waals surface area contributed by atoms with E-state index in [2.05, 4.69) is 0 Å². The number of fused-ring (bicyclic) bond motifs is 6. The average Bonchev–Trinajstić information content (AvgIpc) is 3.85. The van der Waals surface area contributed by atoms with Gasteiger partial charge in [-0.1, -0.05) is 169 Å². The maximum absolute atomic E-state index is 9.89. The summed E-state index contributed by atoms with van der Waals surface area (Å²) in [6, 6.07) is -29.1. The van der Waals surface area contributed by atoms with Gasteiger partial charge in [-0.2, -0.15) is 0 Å². The molecule has 1 heteroatoms. The Bertz CT molecular complexity index is 4460. The maximum Gasteiger partial charge on any atom is 0.143 e. The smallest absolute Gasteiger partial charge is 0.143 e. The SMILES string of the molecule is [2H]c1c([2H])c([2H])c(-c2c([2H])c([2H])c([2H])c3c2oc2c([2H])c(-c4c([2H])c([2H])c(-c5c6c([2H])c([2H])c([2H])c([2H])c6c(-c6c([2H])c([2H])c([2H])c([2H])c6[2H])c6c([2H])c([2H])c([2H])c([2H])c56)c5c([2H])c([2H])c([2H])c([2H])c45)c([2H])c([2H])c23)c([2H])c1[2H]. The van der Waals surface area contributed by atoms with Crippen LogP contribution in [-0.4, -0.2) is 0 Å². The van der Waals surface area contributed by atoms with Crippen molar-refractivity contribution in [2.45, 2.75) is 0 Å². The molecule has 10 rings (SSSR count). The van der Waals surface area contributed by atoms with Gasteiger partial charge in [0.05, 0.1) is 41.1 Å². The molecule has 49 heavy (non-hydrogen) atoms. The summed E-state index contributed by atoms with van der Waals surface area (Å²) in [4.78, 5) is 0. The summed E-state index contributed by atoms with van der Waals surface area (Å²) in [6.07, 6.45) is 0. The first kappa shape index (κ1) is 11.1. The van der Waals surface area contributed by atoms with Gasteiger partial charge in [-0.25, -0.2) is 0 Å². The Labute approximate surface area is 326 Å². The van der Waals surface area contributed by atoms with E-state index in [0.717, 1.165) is 0 Å². The molecule has 228 valence electrons. The van der Waals surface area contributed by atoms with Crippen LogP contribution in [0.1, 0.15) is 41.1 Å². The summed E-state index contributed by atoms with van der Waals surface area (Å²) < 4.78 is 276. The first-order valence-corrected chi connectivity index (χ1v) is 14.4. The van der Waals surface area contributed by atoms with Gasteiger partial charge in [0.1, 0.15) is 11.2 Å². The van der Waals surface area contributed by atoms with Crippen molar-refractivity contribution in [3.63, 3.8) is 0 Å². The second-order valence-corrected chi connectivity index (χ2v) is 10.5. The summed E-state index contributed by atoms with van der Waals surface area (Å²) in [5.41, 5.74) is -7.52. The van der Waals surface area contributed by atoms with Crippen molar-refractivity contribution in [1.82, 2.24) is 0 Å². The van der Waals surface area contributed by atoms with Gasteiger partial charge in [0.15, 0.2) is 0 Å². The zero-order valence-electron chi connectivity index (χ0n) is 54.4. The molecule has 9 aromatic carbocycles. The molecule has 0 aliphatic heterocycles. The van der Waals surface area contributed by atoms with Crippen LogP contribution < -0.4 is 0 Å². The Balaban J connectivity index is 1.47. The summed E-state index contributed by atoms with van der Waals surface area (Å²) in [6.45, 7) is 0. The molecule has 0 aliphatic rings. The van der Waals surface area contributed by atoms with Crippen LogP contribution in [-0.2, 0) is 0 Å². The Morgan fingerprint density at radius 2 is 0.816 bits per heavy atom. The lowest BCUT2D eigenvalue weighted by Crippen LogP contribution is -1.92.